The number of benzene rings is 3. The number of phenols is 4. The summed E-state index contributed by atoms with van der Waals surface area (Å²) in [5.74, 6) is -0.671. The third-order valence-corrected chi connectivity index (χ3v) is 4.78. The number of phenolic OH excluding ortho intramolecular Hbond substituents is 4. The fourth-order valence-corrected chi connectivity index (χ4v) is 3.17. The zero-order valence-electron chi connectivity index (χ0n) is 15.9. The van der Waals surface area contributed by atoms with Gasteiger partial charge in [0.15, 0.2) is 5.78 Å². The predicted octanol–water partition coefficient (Wildman–Crippen LogP) is 3.92. The molecule has 0 fully saturated rings. The fourth-order valence-electron chi connectivity index (χ4n) is 3.17. The Morgan fingerprint density at radius 3 is 2.28 bits per heavy atom. The molecule has 6 nitrogen and oxygen atoms in total. The minimum absolute atomic E-state index is 0.00509. The van der Waals surface area contributed by atoms with Gasteiger partial charge in [-0.3, -0.25) is 4.79 Å². The first-order valence-corrected chi connectivity index (χ1v) is 9.10. The summed E-state index contributed by atoms with van der Waals surface area (Å²) in [5, 5.41) is 40.4. The molecule has 0 unspecified atom stereocenters. The van der Waals surface area contributed by atoms with Crippen LogP contribution in [0.15, 0.2) is 54.6 Å². The van der Waals surface area contributed by atoms with Crippen molar-refractivity contribution in [3.63, 3.8) is 0 Å². The van der Waals surface area contributed by atoms with Crippen LogP contribution in [-0.4, -0.2) is 33.3 Å². The van der Waals surface area contributed by atoms with Crippen LogP contribution in [0.1, 0.15) is 33.5 Å². The molecule has 0 bridgehead atoms. The highest BCUT2D eigenvalue weighted by Crippen LogP contribution is 2.40. The number of aromatic hydroxyl groups is 4. The molecule has 29 heavy (non-hydrogen) atoms. The Morgan fingerprint density at radius 1 is 0.931 bits per heavy atom. The van der Waals surface area contributed by atoms with Crippen molar-refractivity contribution >= 4 is 5.78 Å². The Balaban J connectivity index is 1.91. The first-order chi connectivity index (χ1) is 13.9. The van der Waals surface area contributed by atoms with Gasteiger partial charge in [0.1, 0.15) is 34.3 Å². The van der Waals surface area contributed by atoms with Crippen molar-refractivity contribution in [2.45, 2.75) is 19.3 Å². The van der Waals surface area contributed by atoms with Crippen molar-refractivity contribution in [2.24, 2.45) is 0 Å². The third kappa shape index (κ3) is 4.43. The molecule has 0 aliphatic carbocycles. The summed E-state index contributed by atoms with van der Waals surface area (Å²) in [6.07, 6.45) is 0.569. The lowest BCUT2D eigenvalue weighted by atomic mass is 9.95. The molecule has 0 amide bonds. The number of hydrogen-bond donors (Lipinski definition) is 4. The molecular weight excluding hydrogens is 372 g/mol. The van der Waals surface area contributed by atoms with Gasteiger partial charge in [0.25, 0.3) is 0 Å². The molecule has 0 aliphatic rings. The second-order valence-electron chi connectivity index (χ2n) is 6.70. The maximum absolute atomic E-state index is 12.8. The lowest BCUT2D eigenvalue weighted by molar-refractivity contribution is 0.0977. The van der Waals surface area contributed by atoms with Crippen LogP contribution < -0.4 is 4.74 Å². The van der Waals surface area contributed by atoms with Crippen molar-refractivity contribution in [3.05, 3.63) is 76.9 Å². The average molecular weight is 394 g/mol. The molecule has 0 aliphatic heterocycles. The van der Waals surface area contributed by atoms with E-state index in [1.807, 2.05) is 0 Å². The summed E-state index contributed by atoms with van der Waals surface area (Å²) in [5.41, 5.74) is 1.50. The largest absolute Gasteiger partial charge is 0.508 e. The smallest absolute Gasteiger partial charge is 0.170 e. The summed E-state index contributed by atoms with van der Waals surface area (Å²) >= 11 is 0. The average Bonchev–Trinajstić information content (AvgIpc) is 2.71. The van der Waals surface area contributed by atoms with Gasteiger partial charge >= 0.3 is 0 Å². The highest BCUT2D eigenvalue weighted by molar-refractivity contribution is 6.02. The maximum Gasteiger partial charge on any atom is 0.170 e. The number of hydrogen-bond acceptors (Lipinski definition) is 6. The van der Waals surface area contributed by atoms with Crippen molar-refractivity contribution in [2.75, 3.05) is 7.11 Å². The summed E-state index contributed by atoms with van der Waals surface area (Å²) in [4.78, 5) is 12.8. The van der Waals surface area contributed by atoms with E-state index in [2.05, 4.69) is 0 Å². The number of para-hydroxylation sites is 1. The van der Waals surface area contributed by atoms with Gasteiger partial charge in [0.2, 0.25) is 0 Å². The number of Topliss-reactive ketones (excluding diaryl/α,β-unsaturated/α-hetero) is 1. The van der Waals surface area contributed by atoms with Gasteiger partial charge in [0.05, 0.1) is 7.11 Å². The Hall–Kier alpha value is -3.67. The number of ketones is 1. The van der Waals surface area contributed by atoms with E-state index in [0.29, 0.717) is 12.0 Å². The summed E-state index contributed by atoms with van der Waals surface area (Å²) in [7, 11) is 1.35. The van der Waals surface area contributed by atoms with Crippen LogP contribution in [0.5, 0.6) is 28.7 Å². The van der Waals surface area contributed by atoms with E-state index in [1.54, 1.807) is 42.5 Å². The van der Waals surface area contributed by atoms with Crippen LogP contribution in [0.2, 0.25) is 0 Å². The lowest BCUT2D eigenvalue weighted by Crippen LogP contribution is -2.06. The Labute approximate surface area is 168 Å². The van der Waals surface area contributed by atoms with Crippen LogP contribution in [0.4, 0.5) is 0 Å². The highest BCUT2D eigenvalue weighted by atomic mass is 16.5. The number of methoxy groups -OCH3 is 1. The number of aryl methyl sites for hydroxylation is 1. The second kappa shape index (κ2) is 8.56. The van der Waals surface area contributed by atoms with Crippen molar-refractivity contribution < 1.29 is 30.0 Å². The van der Waals surface area contributed by atoms with Gasteiger partial charge in [-0.25, -0.2) is 0 Å². The molecule has 0 spiro atoms. The monoisotopic (exact) mass is 394 g/mol. The van der Waals surface area contributed by atoms with Gasteiger partial charge < -0.3 is 25.2 Å². The second-order valence-corrected chi connectivity index (χ2v) is 6.70. The number of ether oxygens (including phenoxy) is 1. The van der Waals surface area contributed by atoms with Crippen LogP contribution in [0.3, 0.4) is 0 Å². The Bertz CT molecular complexity index is 1020. The summed E-state index contributed by atoms with van der Waals surface area (Å²) < 4.78 is 5.20. The quantitative estimate of drug-likeness (QED) is 0.453. The topological polar surface area (TPSA) is 107 Å². The van der Waals surface area contributed by atoms with Gasteiger partial charge in [0, 0.05) is 24.5 Å². The lowest BCUT2D eigenvalue weighted by Gasteiger charge is -2.16. The van der Waals surface area contributed by atoms with E-state index in [0.717, 1.165) is 5.56 Å². The number of carbonyl (C=O) groups excluding carboxylic acids is 1. The molecule has 3 aromatic carbocycles. The van der Waals surface area contributed by atoms with Crippen LogP contribution >= 0.6 is 0 Å². The normalized spacial score (nSPS) is 10.7. The van der Waals surface area contributed by atoms with Gasteiger partial charge in [-0.15, -0.1) is 0 Å². The first-order valence-electron chi connectivity index (χ1n) is 9.10. The third-order valence-electron chi connectivity index (χ3n) is 4.78. The predicted molar refractivity (Wildman–Crippen MR) is 108 cm³/mol. The Kier molecular flexibility index (Phi) is 5.93. The molecule has 0 saturated carbocycles. The first kappa shape index (κ1) is 20.1. The van der Waals surface area contributed by atoms with Gasteiger partial charge in [-0.1, -0.05) is 30.3 Å². The van der Waals surface area contributed by atoms with E-state index in [4.69, 9.17) is 4.74 Å². The highest BCUT2D eigenvalue weighted by Gasteiger charge is 2.24. The van der Waals surface area contributed by atoms with Crippen LogP contribution in [0.25, 0.3) is 0 Å². The molecule has 0 heterocycles. The maximum atomic E-state index is 12.8. The van der Waals surface area contributed by atoms with E-state index in [9.17, 15) is 25.2 Å². The fraction of sp³-hybridized carbons (Fsp3) is 0.174. The van der Waals surface area contributed by atoms with Crippen molar-refractivity contribution in [3.8, 4) is 28.7 Å². The molecular formula is C23H22O6. The SMILES string of the molecule is COc1cc(O)c(Cc2ccccc2O)c(O)c1C(=O)CCc1ccc(O)cc1. The number of rotatable bonds is 7. The van der Waals surface area contributed by atoms with E-state index in [-0.39, 0.29) is 58.5 Å². The summed E-state index contributed by atoms with van der Waals surface area (Å²) in [6.45, 7) is 0. The zero-order valence-corrected chi connectivity index (χ0v) is 15.9. The van der Waals surface area contributed by atoms with Crippen LogP contribution in [-0.2, 0) is 12.8 Å². The van der Waals surface area contributed by atoms with E-state index in [1.165, 1.54) is 19.2 Å². The van der Waals surface area contributed by atoms with Gasteiger partial charge in [-0.05, 0) is 35.7 Å². The summed E-state index contributed by atoms with van der Waals surface area (Å²) in [6, 6.07) is 14.4. The van der Waals surface area contributed by atoms with Crippen molar-refractivity contribution in [1.29, 1.82) is 0 Å². The molecule has 0 radical (unpaired) electrons. The molecule has 0 aromatic heterocycles. The van der Waals surface area contributed by atoms with E-state index >= 15 is 0 Å². The van der Waals surface area contributed by atoms with Crippen molar-refractivity contribution in [1.82, 2.24) is 0 Å². The molecule has 6 heteroatoms. The molecule has 3 rings (SSSR count). The van der Waals surface area contributed by atoms with Gasteiger partial charge in [-0.2, -0.15) is 0 Å². The zero-order chi connectivity index (χ0) is 21.0. The minimum atomic E-state index is -0.360. The standard InChI is InChI=1S/C23H22O6/c1-29-21-13-20(27)17(12-15-4-2-3-5-18(15)25)23(28)22(21)19(26)11-8-14-6-9-16(24)10-7-14/h2-7,9-10,13,24-25,27-28H,8,11-12H2,1H3. The molecule has 3 aromatic rings. The van der Waals surface area contributed by atoms with Crippen LogP contribution in [0, 0.1) is 0 Å². The number of carbonyl (C=O) groups is 1. The molecule has 4 N–H and O–H groups in total. The molecule has 150 valence electrons. The van der Waals surface area contributed by atoms with E-state index < -0.39 is 0 Å². The molecule has 0 atom stereocenters. The Morgan fingerprint density at radius 2 is 1.62 bits per heavy atom. The minimum Gasteiger partial charge on any atom is -0.508 e. The molecule has 0 saturated heterocycles.